The Morgan fingerprint density at radius 2 is 1.23 bits per heavy atom. The molecule has 0 saturated heterocycles. The molecule has 1 rings (SSSR count). The lowest BCUT2D eigenvalue weighted by Crippen LogP contribution is -2.07. The van der Waals surface area contributed by atoms with Crippen LogP contribution < -0.4 is 0 Å². The molecular formula is C24H38O2. The molecule has 0 heterocycles. The van der Waals surface area contributed by atoms with Crippen molar-refractivity contribution < 1.29 is 9.59 Å². The monoisotopic (exact) mass is 358 g/mol. The van der Waals surface area contributed by atoms with Gasteiger partial charge in [0, 0.05) is 5.57 Å². The van der Waals surface area contributed by atoms with Gasteiger partial charge in [-0.3, -0.25) is 9.59 Å². The summed E-state index contributed by atoms with van der Waals surface area (Å²) >= 11 is 0. The normalized spacial score (nSPS) is 14.4. The summed E-state index contributed by atoms with van der Waals surface area (Å²) in [4.78, 5) is 22.9. The Hall–Kier alpha value is -1.44. The molecule has 2 heteroatoms. The van der Waals surface area contributed by atoms with Gasteiger partial charge in [0.25, 0.3) is 0 Å². The minimum atomic E-state index is -0.0517. The van der Waals surface area contributed by atoms with Crippen LogP contribution in [0.3, 0.4) is 0 Å². The molecule has 0 N–H and O–H groups in total. The lowest BCUT2D eigenvalue weighted by Gasteiger charge is -2.06. The van der Waals surface area contributed by atoms with Gasteiger partial charge >= 0.3 is 0 Å². The molecular weight excluding hydrogens is 320 g/mol. The third kappa shape index (κ3) is 12.0. The summed E-state index contributed by atoms with van der Waals surface area (Å²) < 4.78 is 0. The van der Waals surface area contributed by atoms with Crippen LogP contribution in [0.2, 0.25) is 0 Å². The van der Waals surface area contributed by atoms with Gasteiger partial charge in [0.15, 0.2) is 11.6 Å². The lowest BCUT2D eigenvalue weighted by molar-refractivity contribution is -0.114. The highest BCUT2D eigenvalue weighted by atomic mass is 16.1. The summed E-state index contributed by atoms with van der Waals surface area (Å²) in [6, 6.07) is 0. The summed E-state index contributed by atoms with van der Waals surface area (Å²) in [5, 5.41) is 0. The molecule has 0 amide bonds. The van der Waals surface area contributed by atoms with Crippen LogP contribution in [0.25, 0.3) is 0 Å². The molecule has 0 saturated carbocycles. The smallest absolute Gasteiger partial charge is 0.182 e. The fourth-order valence-electron chi connectivity index (χ4n) is 3.31. The number of hydrogen-bond donors (Lipinski definition) is 0. The first-order valence-corrected chi connectivity index (χ1v) is 10.9. The average molecular weight is 359 g/mol. The first-order chi connectivity index (χ1) is 12.7. The number of allylic oxidation sites excluding steroid dienone is 6. The first kappa shape index (κ1) is 22.6. The summed E-state index contributed by atoms with van der Waals surface area (Å²) in [5.41, 5.74) is 0.688. The Balaban J connectivity index is 1.84. The van der Waals surface area contributed by atoms with Gasteiger partial charge in [-0.25, -0.2) is 0 Å². The Labute approximate surface area is 160 Å². The van der Waals surface area contributed by atoms with Crippen molar-refractivity contribution in [1.82, 2.24) is 0 Å². The Kier molecular flexibility index (Phi) is 13.7. The average Bonchev–Trinajstić information content (AvgIpc) is 2.64. The maximum Gasteiger partial charge on any atom is 0.182 e. The number of carbonyl (C=O) groups excluding carboxylic acids is 2. The van der Waals surface area contributed by atoms with E-state index in [-0.39, 0.29) is 11.6 Å². The first-order valence-electron chi connectivity index (χ1n) is 10.9. The van der Waals surface area contributed by atoms with E-state index >= 15 is 0 Å². The molecule has 0 atom stereocenters. The maximum atomic E-state index is 11.6. The Bertz CT molecular complexity index is 482. The van der Waals surface area contributed by atoms with Crippen LogP contribution in [0.15, 0.2) is 36.0 Å². The summed E-state index contributed by atoms with van der Waals surface area (Å²) in [6.07, 6.45) is 27.7. The van der Waals surface area contributed by atoms with E-state index in [1.807, 2.05) is 0 Å². The van der Waals surface area contributed by atoms with Crippen LogP contribution in [0, 0.1) is 0 Å². The minimum absolute atomic E-state index is 0.0114. The molecule has 0 aliphatic heterocycles. The molecule has 2 nitrogen and oxygen atoms in total. The van der Waals surface area contributed by atoms with Crippen molar-refractivity contribution in [1.29, 1.82) is 0 Å². The lowest BCUT2D eigenvalue weighted by atomic mass is 9.97. The molecule has 0 aromatic rings. The molecule has 0 aromatic heterocycles. The molecule has 0 bridgehead atoms. The van der Waals surface area contributed by atoms with E-state index in [1.165, 1.54) is 95.3 Å². The molecule has 0 radical (unpaired) electrons. The second kappa shape index (κ2) is 15.8. The third-order valence-corrected chi connectivity index (χ3v) is 4.99. The van der Waals surface area contributed by atoms with E-state index in [9.17, 15) is 9.59 Å². The van der Waals surface area contributed by atoms with Crippen LogP contribution >= 0.6 is 0 Å². The summed E-state index contributed by atoms with van der Waals surface area (Å²) in [5.74, 6) is -0.0403. The molecule has 1 aliphatic carbocycles. The van der Waals surface area contributed by atoms with Gasteiger partial charge in [-0.05, 0) is 56.8 Å². The standard InChI is InChI=1S/C24H38O2/c1-2-3-4-5-6-7-8-9-10-11-12-13-14-15-16-17-18-22-21-23(25)19-20-24(22)26/h9-10,19-21H,2-8,11-18H2,1H3/b10-9-. The minimum Gasteiger partial charge on any atom is -0.290 e. The highest BCUT2D eigenvalue weighted by Crippen LogP contribution is 2.16. The Morgan fingerprint density at radius 3 is 1.85 bits per heavy atom. The second-order valence-electron chi connectivity index (χ2n) is 7.46. The van der Waals surface area contributed by atoms with E-state index in [4.69, 9.17) is 0 Å². The molecule has 146 valence electrons. The van der Waals surface area contributed by atoms with Crippen molar-refractivity contribution in [3.63, 3.8) is 0 Å². The predicted molar refractivity (Wildman–Crippen MR) is 111 cm³/mol. The van der Waals surface area contributed by atoms with Crippen LogP contribution in [-0.2, 0) is 9.59 Å². The zero-order valence-electron chi connectivity index (χ0n) is 16.8. The SMILES string of the molecule is CCCCCCCC/C=C\CCCCCCCCC1=CC(=O)C=CC1=O. The number of unbranched alkanes of at least 4 members (excludes halogenated alkanes) is 12. The van der Waals surface area contributed by atoms with E-state index in [2.05, 4.69) is 19.1 Å². The van der Waals surface area contributed by atoms with Gasteiger partial charge in [-0.15, -0.1) is 0 Å². The summed E-state index contributed by atoms with van der Waals surface area (Å²) in [6.45, 7) is 2.27. The van der Waals surface area contributed by atoms with Gasteiger partial charge in [-0.1, -0.05) is 76.9 Å². The van der Waals surface area contributed by atoms with E-state index < -0.39 is 0 Å². The fraction of sp³-hybridized carbons (Fsp3) is 0.667. The van der Waals surface area contributed by atoms with E-state index in [0.717, 1.165) is 19.3 Å². The topological polar surface area (TPSA) is 34.1 Å². The number of hydrogen-bond acceptors (Lipinski definition) is 2. The number of rotatable bonds is 16. The highest BCUT2D eigenvalue weighted by Gasteiger charge is 2.12. The Morgan fingerprint density at radius 1 is 0.692 bits per heavy atom. The van der Waals surface area contributed by atoms with Gasteiger partial charge in [0.05, 0.1) is 0 Å². The van der Waals surface area contributed by atoms with Gasteiger partial charge in [0.1, 0.15) is 0 Å². The van der Waals surface area contributed by atoms with Crippen molar-refractivity contribution in [2.45, 2.75) is 103 Å². The van der Waals surface area contributed by atoms with Crippen molar-refractivity contribution in [3.05, 3.63) is 36.0 Å². The molecule has 26 heavy (non-hydrogen) atoms. The van der Waals surface area contributed by atoms with Crippen molar-refractivity contribution in [2.24, 2.45) is 0 Å². The van der Waals surface area contributed by atoms with Crippen LogP contribution in [0.5, 0.6) is 0 Å². The van der Waals surface area contributed by atoms with Crippen molar-refractivity contribution in [2.75, 3.05) is 0 Å². The number of carbonyl (C=O) groups is 2. The van der Waals surface area contributed by atoms with Gasteiger partial charge in [-0.2, -0.15) is 0 Å². The van der Waals surface area contributed by atoms with Crippen LogP contribution in [0.4, 0.5) is 0 Å². The molecule has 0 fully saturated rings. The molecule has 0 spiro atoms. The predicted octanol–water partition coefficient (Wildman–Crippen LogP) is 7.05. The second-order valence-corrected chi connectivity index (χ2v) is 7.46. The molecule has 1 aliphatic rings. The zero-order valence-corrected chi connectivity index (χ0v) is 16.8. The quantitative estimate of drug-likeness (QED) is 0.168. The summed E-state index contributed by atoms with van der Waals surface area (Å²) in [7, 11) is 0. The third-order valence-electron chi connectivity index (χ3n) is 4.99. The van der Waals surface area contributed by atoms with Gasteiger partial charge < -0.3 is 0 Å². The van der Waals surface area contributed by atoms with Crippen LogP contribution in [-0.4, -0.2) is 11.6 Å². The molecule has 0 unspecified atom stereocenters. The largest absolute Gasteiger partial charge is 0.290 e. The maximum absolute atomic E-state index is 11.6. The fourth-order valence-corrected chi connectivity index (χ4v) is 3.31. The van der Waals surface area contributed by atoms with Crippen molar-refractivity contribution >= 4 is 11.6 Å². The zero-order chi connectivity index (χ0) is 18.9. The van der Waals surface area contributed by atoms with E-state index in [0.29, 0.717) is 5.57 Å². The van der Waals surface area contributed by atoms with Crippen LogP contribution in [0.1, 0.15) is 103 Å². The highest BCUT2D eigenvalue weighted by molar-refractivity contribution is 6.17. The van der Waals surface area contributed by atoms with E-state index in [1.54, 1.807) is 0 Å². The number of ketones is 2. The van der Waals surface area contributed by atoms with Crippen molar-refractivity contribution in [3.8, 4) is 0 Å². The van der Waals surface area contributed by atoms with Gasteiger partial charge in [0.2, 0.25) is 0 Å². The molecule has 0 aromatic carbocycles.